The smallest absolute Gasteiger partial charge is 0.199 e. The summed E-state index contributed by atoms with van der Waals surface area (Å²) in [6, 6.07) is 2.81. The number of aliphatic hydroxyl groups is 2. The topological polar surface area (TPSA) is 119 Å². The van der Waals surface area contributed by atoms with Crippen molar-refractivity contribution >= 4 is 44.3 Å². The Morgan fingerprint density at radius 2 is 1.72 bits per heavy atom. The summed E-state index contributed by atoms with van der Waals surface area (Å²) in [6.07, 6.45) is 13.9. The van der Waals surface area contributed by atoms with Gasteiger partial charge in [0.25, 0.3) is 0 Å². The molecule has 0 unspecified atom stereocenters. The number of aliphatic hydroxyl groups excluding tert-OH is 1. The fourth-order valence-electron chi connectivity index (χ4n) is 7.86. The van der Waals surface area contributed by atoms with Crippen molar-refractivity contribution in [1.82, 2.24) is 19.5 Å². The van der Waals surface area contributed by atoms with E-state index in [1.807, 2.05) is 0 Å². The molecule has 0 bridgehead atoms. The van der Waals surface area contributed by atoms with Crippen LogP contribution < -0.4 is 15.6 Å². The van der Waals surface area contributed by atoms with E-state index in [-0.39, 0.29) is 16.3 Å². The summed E-state index contributed by atoms with van der Waals surface area (Å²) >= 11 is 0. The molecule has 1 saturated heterocycles. The number of rotatable bonds is 6. The van der Waals surface area contributed by atoms with Crippen molar-refractivity contribution in [3.05, 3.63) is 58.1 Å². The molecule has 1 saturated carbocycles. The van der Waals surface area contributed by atoms with Crippen LogP contribution in [0.25, 0.3) is 44.1 Å². The molecule has 5 heterocycles. The van der Waals surface area contributed by atoms with Gasteiger partial charge in [0.05, 0.1) is 38.6 Å². The third-order valence-electron chi connectivity index (χ3n) is 10.2. The van der Waals surface area contributed by atoms with Gasteiger partial charge in [-0.15, -0.1) is 0 Å². The molecular formula is C35H40F2N6O3. The first kappa shape index (κ1) is 30.6. The van der Waals surface area contributed by atoms with Crippen molar-refractivity contribution < 1.29 is 19.0 Å². The van der Waals surface area contributed by atoms with Crippen molar-refractivity contribution in [2.75, 3.05) is 30.4 Å². The number of hydrogen-bond donors (Lipinski definition) is 4. The van der Waals surface area contributed by atoms with Gasteiger partial charge >= 0.3 is 0 Å². The van der Waals surface area contributed by atoms with Gasteiger partial charge in [-0.1, -0.05) is 38.5 Å². The summed E-state index contributed by atoms with van der Waals surface area (Å²) in [4.78, 5) is 28.0. The highest BCUT2D eigenvalue weighted by molar-refractivity contribution is 6.18. The normalized spacial score (nSPS) is 17.1. The van der Waals surface area contributed by atoms with Crippen LogP contribution >= 0.6 is 0 Å². The van der Waals surface area contributed by atoms with Gasteiger partial charge in [-0.25, -0.2) is 18.7 Å². The van der Waals surface area contributed by atoms with E-state index in [1.54, 1.807) is 37.1 Å². The molecule has 2 fully saturated rings. The monoisotopic (exact) mass is 630 g/mol. The van der Waals surface area contributed by atoms with E-state index in [1.165, 1.54) is 51.1 Å². The lowest BCUT2D eigenvalue weighted by molar-refractivity contribution is -0.0435. The fraction of sp³-hybridized carbons (Fsp3) is 0.457. The Morgan fingerprint density at radius 3 is 2.41 bits per heavy atom. The van der Waals surface area contributed by atoms with Gasteiger partial charge in [0, 0.05) is 63.0 Å². The predicted octanol–water partition coefficient (Wildman–Crippen LogP) is 6.51. The van der Waals surface area contributed by atoms with E-state index in [2.05, 4.69) is 25.2 Å². The number of benzene rings is 1. The van der Waals surface area contributed by atoms with Crippen molar-refractivity contribution in [3.8, 4) is 11.1 Å². The molecule has 0 amide bonds. The highest BCUT2D eigenvalue weighted by Crippen LogP contribution is 2.45. The third kappa shape index (κ3) is 5.29. The molecule has 11 heteroatoms. The lowest BCUT2D eigenvalue weighted by atomic mass is 9.83. The molecule has 4 N–H and O–H groups in total. The average Bonchev–Trinajstić information content (AvgIpc) is 3.26. The molecule has 1 aliphatic heterocycles. The van der Waals surface area contributed by atoms with Crippen LogP contribution in [0.1, 0.15) is 69.6 Å². The number of nitrogens with zero attached hydrogens (tertiary/aromatic N) is 4. The van der Waals surface area contributed by atoms with Gasteiger partial charge in [0.15, 0.2) is 23.4 Å². The first-order valence-corrected chi connectivity index (χ1v) is 16.4. The maximum absolute atomic E-state index is 15.8. The summed E-state index contributed by atoms with van der Waals surface area (Å²) in [5.41, 5.74) is 2.89. The standard InChI is InChI=1S/C35H40F2N6O3/c1-38-26-15-25(36)29(37)27-28-31(43-11-9-20(10-12-43)13-19-7-5-3-4-6-8-19)23(17-39-33(28)41-30(26)27)21-14-22-32(44)24(35(45)46)18-42(2)34(22)40-16-21/h14-20,35,38,45-46H,3-13H2,1-2H3,(H,39,41). The summed E-state index contributed by atoms with van der Waals surface area (Å²) in [6.45, 7) is 1.49. The van der Waals surface area contributed by atoms with Crippen LogP contribution in [0.3, 0.4) is 0 Å². The third-order valence-corrected chi connectivity index (χ3v) is 10.2. The average molecular weight is 631 g/mol. The SMILES string of the molecule is CNc1cc(F)c(F)c2c1[nH]c1ncc(-c3cnc4c(c3)c(=O)c(C(O)O)cn4C)c(N3CCC(CC4CCCCCC4)CC3)c12. The number of aromatic amines is 1. The maximum Gasteiger partial charge on any atom is 0.199 e. The van der Waals surface area contributed by atoms with Crippen LogP contribution in [0.2, 0.25) is 0 Å². The zero-order valence-corrected chi connectivity index (χ0v) is 26.2. The Labute approximate surface area is 265 Å². The molecular weight excluding hydrogens is 590 g/mol. The zero-order chi connectivity index (χ0) is 32.1. The van der Waals surface area contributed by atoms with Crippen LogP contribution in [-0.2, 0) is 7.05 Å². The van der Waals surface area contributed by atoms with Gasteiger partial charge in [0.2, 0.25) is 0 Å². The molecule has 1 aromatic carbocycles. The highest BCUT2D eigenvalue weighted by Gasteiger charge is 2.29. The number of fused-ring (bicyclic) bond motifs is 4. The molecule has 5 aromatic rings. The second-order valence-electron chi connectivity index (χ2n) is 13.1. The molecule has 4 aromatic heterocycles. The first-order valence-electron chi connectivity index (χ1n) is 16.4. The minimum Gasteiger partial charge on any atom is -0.386 e. The number of aryl methyl sites for hydroxylation is 1. The Balaban J connectivity index is 1.38. The van der Waals surface area contributed by atoms with Gasteiger partial charge < -0.3 is 30.0 Å². The number of halogens is 2. The van der Waals surface area contributed by atoms with Crippen LogP contribution in [0, 0.1) is 23.5 Å². The number of H-pyrrole nitrogens is 1. The maximum atomic E-state index is 15.8. The number of anilines is 2. The Kier molecular flexibility index (Phi) is 8.14. The molecule has 0 atom stereocenters. The Bertz CT molecular complexity index is 1990. The lowest BCUT2D eigenvalue weighted by Crippen LogP contribution is -2.34. The molecule has 2 aliphatic rings. The van der Waals surface area contributed by atoms with E-state index >= 15 is 8.78 Å². The predicted molar refractivity (Wildman–Crippen MR) is 177 cm³/mol. The van der Waals surface area contributed by atoms with Crippen molar-refractivity contribution in [1.29, 1.82) is 0 Å². The van der Waals surface area contributed by atoms with Gasteiger partial charge in [-0.05, 0) is 37.2 Å². The minimum absolute atomic E-state index is 0.125. The summed E-state index contributed by atoms with van der Waals surface area (Å²) < 4.78 is 32.4. The van der Waals surface area contributed by atoms with Gasteiger partial charge in [-0.3, -0.25) is 4.79 Å². The number of aromatic nitrogens is 4. The summed E-state index contributed by atoms with van der Waals surface area (Å²) in [5, 5.41) is 23.5. The minimum atomic E-state index is -1.94. The number of nitrogens with one attached hydrogen (secondary N) is 2. The molecule has 46 heavy (non-hydrogen) atoms. The molecule has 242 valence electrons. The van der Waals surface area contributed by atoms with Crippen LogP contribution in [-0.4, -0.2) is 49.9 Å². The Hall–Kier alpha value is -4.09. The zero-order valence-electron chi connectivity index (χ0n) is 26.2. The number of pyridine rings is 3. The quantitative estimate of drug-likeness (QED) is 0.125. The van der Waals surface area contributed by atoms with E-state index in [9.17, 15) is 15.0 Å². The second-order valence-corrected chi connectivity index (χ2v) is 13.1. The van der Waals surface area contributed by atoms with E-state index < -0.39 is 23.4 Å². The first-order chi connectivity index (χ1) is 22.2. The fourth-order valence-corrected chi connectivity index (χ4v) is 7.86. The molecule has 0 spiro atoms. The van der Waals surface area contributed by atoms with Crippen LogP contribution in [0.4, 0.5) is 20.2 Å². The van der Waals surface area contributed by atoms with E-state index in [0.29, 0.717) is 50.6 Å². The Morgan fingerprint density at radius 1 is 1.00 bits per heavy atom. The van der Waals surface area contributed by atoms with Crippen molar-refractivity contribution in [3.63, 3.8) is 0 Å². The second kappa shape index (κ2) is 12.3. The van der Waals surface area contributed by atoms with E-state index in [4.69, 9.17) is 0 Å². The number of piperidine rings is 1. The summed E-state index contributed by atoms with van der Waals surface area (Å²) in [5.74, 6) is -0.513. The van der Waals surface area contributed by atoms with Crippen molar-refractivity contribution in [2.24, 2.45) is 18.9 Å². The lowest BCUT2D eigenvalue weighted by Gasteiger charge is -2.36. The number of hydrogen-bond acceptors (Lipinski definition) is 7. The molecule has 1 aliphatic carbocycles. The summed E-state index contributed by atoms with van der Waals surface area (Å²) in [7, 11) is 3.34. The largest absolute Gasteiger partial charge is 0.386 e. The highest BCUT2D eigenvalue weighted by atomic mass is 19.2. The molecule has 7 rings (SSSR count). The van der Waals surface area contributed by atoms with Crippen LogP contribution in [0.5, 0.6) is 0 Å². The van der Waals surface area contributed by atoms with Crippen LogP contribution in [0.15, 0.2) is 35.5 Å². The van der Waals surface area contributed by atoms with Gasteiger partial charge in [-0.2, -0.15) is 0 Å². The molecule has 0 radical (unpaired) electrons. The van der Waals surface area contributed by atoms with E-state index in [0.717, 1.165) is 37.9 Å². The molecule has 9 nitrogen and oxygen atoms in total. The van der Waals surface area contributed by atoms with Crippen molar-refractivity contribution in [2.45, 2.75) is 64.1 Å². The van der Waals surface area contributed by atoms with Gasteiger partial charge in [0.1, 0.15) is 11.3 Å².